The van der Waals surface area contributed by atoms with E-state index in [0.29, 0.717) is 19.4 Å². The van der Waals surface area contributed by atoms with E-state index in [2.05, 4.69) is 0 Å². The average molecular weight is 260 g/mol. The third-order valence-corrected chi connectivity index (χ3v) is 4.66. The molecule has 1 aromatic carbocycles. The van der Waals surface area contributed by atoms with Crippen LogP contribution in [0.3, 0.4) is 0 Å². The predicted octanol–water partition coefficient (Wildman–Crippen LogP) is 2.76. The van der Waals surface area contributed by atoms with Gasteiger partial charge in [0.15, 0.2) is 0 Å². The van der Waals surface area contributed by atoms with Crippen LogP contribution in [0.4, 0.5) is 0 Å². The fourth-order valence-corrected chi connectivity index (χ4v) is 3.54. The van der Waals surface area contributed by atoms with Crippen molar-refractivity contribution >= 4 is 7.94 Å². The fraction of sp³-hybridized carbons (Fsp3) is 0.500. The first-order chi connectivity index (χ1) is 8.13. The van der Waals surface area contributed by atoms with Crippen molar-refractivity contribution in [2.75, 3.05) is 20.3 Å². The zero-order valence-corrected chi connectivity index (χ0v) is 11.6. The molecule has 0 atom stereocenters. The Balaban J connectivity index is 2.71. The van der Waals surface area contributed by atoms with Gasteiger partial charge < -0.3 is 0 Å². The van der Waals surface area contributed by atoms with Crippen molar-refractivity contribution in [1.29, 1.82) is 0 Å². The van der Waals surface area contributed by atoms with Gasteiger partial charge in [0.05, 0.1) is 0 Å². The van der Waals surface area contributed by atoms with Gasteiger partial charge in [0, 0.05) is 0 Å². The molecule has 0 fully saturated rings. The first kappa shape index (κ1) is 14.4. The van der Waals surface area contributed by atoms with Crippen molar-refractivity contribution in [2.45, 2.75) is 20.0 Å². The molecule has 0 bridgehead atoms. The van der Waals surface area contributed by atoms with Crippen LogP contribution >= 0.6 is 7.94 Å². The van der Waals surface area contributed by atoms with Crippen LogP contribution in [0.5, 0.6) is 5.75 Å². The van der Waals surface area contributed by atoms with Gasteiger partial charge in [0.1, 0.15) is 0 Å². The molecule has 0 aromatic heterocycles. The first-order valence-electron chi connectivity index (χ1n) is 5.76. The summed E-state index contributed by atoms with van der Waals surface area (Å²) in [6, 6.07) is 7.55. The van der Waals surface area contributed by atoms with Crippen LogP contribution in [0, 0.1) is 0 Å². The summed E-state index contributed by atoms with van der Waals surface area (Å²) in [5.41, 5.74) is 0.988. The van der Waals surface area contributed by atoms with E-state index in [1.54, 1.807) is 7.11 Å². The molecule has 17 heavy (non-hydrogen) atoms. The summed E-state index contributed by atoms with van der Waals surface area (Å²) in [7, 11) is -1.43. The van der Waals surface area contributed by atoms with E-state index in [1.165, 1.54) is 0 Å². The summed E-state index contributed by atoms with van der Waals surface area (Å²) in [4.78, 5) is 10.3. The van der Waals surface area contributed by atoms with Crippen molar-refractivity contribution in [3.05, 3.63) is 29.8 Å². The number of hydrogen-bond acceptors (Lipinski definition) is 4. The zero-order chi connectivity index (χ0) is 12.7. The summed E-state index contributed by atoms with van der Waals surface area (Å²) >= 11 is 0. The van der Waals surface area contributed by atoms with Crippen LogP contribution < -0.4 is 4.74 Å². The second kappa shape index (κ2) is 6.92. The summed E-state index contributed by atoms with van der Waals surface area (Å²) in [6.07, 6.45) is 0.429. The van der Waals surface area contributed by atoms with Crippen molar-refractivity contribution < 1.29 is 18.7 Å². The standard InChI is InChI=1S/C12H21O4P/c1-4-15-17(13,16-5-2)10-11-6-8-12(14-3)9-7-11/h6-9,13,17H,4-5,10H2,1-3H3. The minimum atomic E-state index is -3.06. The van der Waals surface area contributed by atoms with Crippen molar-refractivity contribution in [1.82, 2.24) is 0 Å². The molecule has 0 saturated heterocycles. The molecule has 0 unspecified atom stereocenters. The summed E-state index contributed by atoms with van der Waals surface area (Å²) in [5, 5.41) is 0. The van der Waals surface area contributed by atoms with Gasteiger partial charge in [-0.2, -0.15) is 0 Å². The van der Waals surface area contributed by atoms with E-state index in [-0.39, 0.29) is 0 Å². The normalized spacial score (nSPS) is 12.5. The SMILES string of the molecule is CCO[PH](O)(Cc1ccc(OC)cc1)OCC. The van der Waals surface area contributed by atoms with Gasteiger partial charge in [-0.25, -0.2) is 0 Å². The molecule has 1 aromatic rings. The Morgan fingerprint density at radius 3 is 2.00 bits per heavy atom. The van der Waals surface area contributed by atoms with E-state index >= 15 is 0 Å². The van der Waals surface area contributed by atoms with E-state index in [0.717, 1.165) is 11.3 Å². The fourth-order valence-electron chi connectivity index (χ4n) is 1.60. The van der Waals surface area contributed by atoms with Gasteiger partial charge >= 0.3 is 103 Å². The second-order valence-corrected chi connectivity index (χ2v) is 5.96. The number of rotatable bonds is 7. The summed E-state index contributed by atoms with van der Waals surface area (Å²) < 4.78 is 15.8. The van der Waals surface area contributed by atoms with Crippen molar-refractivity contribution in [2.24, 2.45) is 0 Å². The van der Waals surface area contributed by atoms with Gasteiger partial charge in [-0.15, -0.1) is 0 Å². The van der Waals surface area contributed by atoms with Crippen molar-refractivity contribution in [3.8, 4) is 5.75 Å². The Morgan fingerprint density at radius 1 is 1.06 bits per heavy atom. The molecule has 0 amide bonds. The second-order valence-electron chi connectivity index (χ2n) is 3.60. The number of benzene rings is 1. The molecule has 1 rings (SSSR count). The van der Waals surface area contributed by atoms with Crippen LogP contribution in [0.15, 0.2) is 24.3 Å². The summed E-state index contributed by atoms with van der Waals surface area (Å²) in [5.74, 6) is 0.798. The maximum atomic E-state index is 10.3. The molecule has 0 saturated carbocycles. The summed E-state index contributed by atoms with van der Waals surface area (Å²) in [6.45, 7) is 4.62. The quantitative estimate of drug-likeness (QED) is 0.766. The number of ether oxygens (including phenoxy) is 1. The van der Waals surface area contributed by atoms with Crippen LogP contribution in [0.2, 0.25) is 0 Å². The third kappa shape index (κ3) is 4.60. The predicted molar refractivity (Wildman–Crippen MR) is 70.5 cm³/mol. The van der Waals surface area contributed by atoms with E-state index in [9.17, 15) is 4.89 Å². The molecule has 4 nitrogen and oxygen atoms in total. The molecule has 0 aliphatic carbocycles. The topological polar surface area (TPSA) is 47.9 Å². The van der Waals surface area contributed by atoms with Crippen LogP contribution in [0.25, 0.3) is 0 Å². The molecular weight excluding hydrogens is 239 g/mol. The molecule has 98 valence electrons. The third-order valence-electron chi connectivity index (χ3n) is 2.33. The Bertz CT molecular complexity index is 320. The van der Waals surface area contributed by atoms with Gasteiger partial charge in [-0.1, -0.05) is 0 Å². The van der Waals surface area contributed by atoms with Crippen LogP contribution in [-0.2, 0) is 15.2 Å². The molecule has 0 heterocycles. The first-order valence-corrected chi connectivity index (χ1v) is 7.74. The van der Waals surface area contributed by atoms with E-state index in [4.69, 9.17) is 13.8 Å². The minimum absolute atomic E-state index is 0.429. The molecule has 0 aliphatic rings. The van der Waals surface area contributed by atoms with Crippen LogP contribution in [0.1, 0.15) is 19.4 Å². The Labute approximate surface area is 103 Å². The van der Waals surface area contributed by atoms with Crippen molar-refractivity contribution in [3.63, 3.8) is 0 Å². The molecule has 0 aliphatic heterocycles. The van der Waals surface area contributed by atoms with Gasteiger partial charge in [0.2, 0.25) is 0 Å². The van der Waals surface area contributed by atoms with Gasteiger partial charge in [-0.3, -0.25) is 0 Å². The maximum absolute atomic E-state index is 10.3. The molecular formula is C12H21O4P. The zero-order valence-electron chi connectivity index (χ0n) is 10.6. The van der Waals surface area contributed by atoms with Gasteiger partial charge in [0.25, 0.3) is 0 Å². The average Bonchev–Trinajstić information content (AvgIpc) is 2.30. The van der Waals surface area contributed by atoms with E-state index < -0.39 is 7.94 Å². The Morgan fingerprint density at radius 2 is 1.59 bits per heavy atom. The molecule has 0 spiro atoms. The molecule has 1 N–H and O–H groups in total. The Kier molecular flexibility index (Phi) is 5.86. The Hall–Kier alpha value is -0.670. The number of hydrogen-bond donors (Lipinski definition) is 1. The van der Waals surface area contributed by atoms with Gasteiger partial charge in [-0.05, 0) is 0 Å². The molecule has 0 radical (unpaired) electrons. The van der Waals surface area contributed by atoms with E-state index in [1.807, 2.05) is 38.1 Å². The van der Waals surface area contributed by atoms with Crippen LogP contribution in [-0.4, -0.2) is 25.2 Å². The number of methoxy groups -OCH3 is 1. The monoisotopic (exact) mass is 260 g/mol. The molecule has 5 heteroatoms.